The zero-order chi connectivity index (χ0) is 18.7. The predicted octanol–water partition coefficient (Wildman–Crippen LogP) is 1.72. The Morgan fingerprint density at radius 3 is 2.92 bits per heavy atom. The Hall–Kier alpha value is -3.20. The summed E-state index contributed by atoms with van der Waals surface area (Å²) in [6, 6.07) is 3.34. The molecule has 0 fully saturated rings. The quantitative estimate of drug-likeness (QED) is 0.584. The molecular formula is C17H20N6O3. The number of rotatable bonds is 7. The zero-order valence-corrected chi connectivity index (χ0v) is 14.5. The van der Waals surface area contributed by atoms with Crippen molar-refractivity contribution in [3.8, 4) is 5.75 Å². The van der Waals surface area contributed by atoms with Crippen LogP contribution in [0, 0.1) is 0 Å². The molecule has 0 saturated carbocycles. The van der Waals surface area contributed by atoms with Crippen molar-refractivity contribution < 1.29 is 14.6 Å². The van der Waals surface area contributed by atoms with E-state index in [9.17, 15) is 9.90 Å². The van der Waals surface area contributed by atoms with Gasteiger partial charge >= 0.3 is 5.97 Å². The molecule has 0 saturated heterocycles. The number of carbonyl (C=O) groups is 1. The summed E-state index contributed by atoms with van der Waals surface area (Å²) < 4.78 is 7.26. The van der Waals surface area contributed by atoms with E-state index in [1.807, 2.05) is 13.8 Å². The lowest BCUT2D eigenvalue weighted by Gasteiger charge is -2.20. The molecule has 0 radical (unpaired) electrons. The van der Waals surface area contributed by atoms with E-state index >= 15 is 0 Å². The van der Waals surface area contributed by atoms with Gasteiger partial charge in [-0.3, -0.25) is 4.98 Å². The third-order valence-electron chi connectivity index (χ3n) is 3.90. The van der Waals surface area contributed by atoms with Gasteiger partial charge in [-0.15, -0.1) is 0 Å². The normalized spacial score (nSPS) is 13.3. The van der Waals surface area contributed by atoms with Gasteiger partial charge in [-0.2, -0.15) is 5.10 Å². The van der Waals surface area contributed by atoms with Crippen molar-refractivity contribution >= 4 is 17.4 Å². The maximum atomic E-state index is 11.3. The molecule has 0 bridgehead atoms. The van der Waals surface area contributed by atoms with Crippen LogP contribution in [-0.4, -0.2) is 43.3 Å². The van der Waals surface area contributed by atoms with E-state index in [2.05, 4.69) is 20.4 Å². The number of aromatic carboxylic acids is 1. The first-order chi connectivity index (χ1) is 12.5. The van der Waals surface area contributed by atoms with Gasteiger partial charge in [-0.1, -0.05) is 0 Å². The second-order valence-corrected chi connectivity index (χ2v) is 5.89. The molecular weight excluding hydrogens is 336 g/mol. The molecule has 4 N–H and O–H groups in total. The minimum absolute atomic E-state index is 0.0449. The lowest BCUT2D eigenvalue weighted by Crippen LogP contribution is -2.24. The van der Waals surface area contributed by atoms with Crippen molar-refractivity contribution in [3.63, 3.8) is 0 Å². The molecule has 3 aromatic rings. The summed E-state index contributed by atoms with van der Waals surface area (Å²) in [5.74, 6) is 0.140. The van der Waals surface area contributed by atoms with Crippen LogP contribution >= 0.6 is 0 Å². The number of aromatic nitrogens is 4. The molecule has 2 atom stereocenters. The standard InChI is InChI=1S/C17H20N6O3/c1-10(7-18)26-14-3-5-19-8-12(14)11(2)21-15-4-6-23-16(22-15)13(9-20-23)17(24)25/h3-6,8-11H,7,18H2,1-2H3,(H,21,22)(H,24,25)/t10-,11+/m0/s1. The number of nitrogens with one attached hydrogen (secondary N) is 1. The lowest BCUT2D eigenvalue weighted by atomic mass is 10.1. The Morgan fingerprint density at radius 2 is 2.19 bits per heavy atom. The second kappa shape index (κ2) is 7.36. The van der Waals surface area contributed by atoms with Gasteiger partial charge in [0, 0.05) is 30.7 Å². The minimum Gasteiger partial charge on any atom is -0.489 e. The molecule has 0 aliphatic heterocycles. The molecule has 0 unspecified atom stereocenters. The zero-order valence-electron chi connectivity index (χ0n) is 14.5. The maximum Gasteiger partial charge on any atom is 0.341 e. The Kier molecular flexibility index (Phi) is 4.99. The molecule has 3 heterocycles. The van der Waals surface area contributed by atoms with Crippen molar-refractivity contribution in [3.05, 3.63) is 48.0 Å². The molecule has 26 heavy (non-hydrogen) atoms. The highest BCUT2D eigenvalue weighted by atomic mass is 16.5. The van der Waals surface area contributed by atoms with Gasteiger partial charge in [0.25, 0.3) is 0 Å². The van der Waals surface area contributed by atoms with Gasteiger partial charge in [-0.05, 0) is 26.0 Å². The summed E-state index contributed by atoms with van der Waals surface area (Å²) in [7, 11) is 0. The van der Waals surface area contributed by atoms with Crippen LogP contribution in [0.25, 0.3) is 5.65 Å². The average molecular weight is 356 g/mol. The maximum absolute atomic E-state index is 11.3. The fourth-order valence-corrected chi connectivity index (χ4v) is 2.49. The van der Waals surface area contributed by atoms with Crippen molar-refractivity contribution in [1.82, 2.24) is 19.6 Å². The summed E-state index contributed by atoms with van der Waals surface area (Å²) in [5, 5.41) is 16.4. The van der Waals surface area contributed by atoms with E-state index in [1.54, 1.807) is 30.7 Å². The smallest absolute Gasteiger partial charge is 0.341 e. The topological polar surface area (TPSA) is 128 Å². The van der Waals surface area contributed by atoms with Crippen LogP contribution < -0.4 is 15.8 Å². The summed E-state index contributed by atoms with van der Waals surface area (Å²) in [4.78, 5) is 19.8. The molecule has 9 nitrogen and oxygen atoms in total. The van der Waals surface area contributed by atoms with Crippen LogP contribution in [0.5, 0.6) is 5.75 Å². The molecule has 136 valence electrons. The van der Waals surface area contributed by atoms with Gasteiger partial charge in [-0.25, -0.2) is 14.3 Å². The molecule has 0 aromatic carbocycles. The third kappa shape index (κ3) is 3.57. The Balaban J connectivity index is 1.86. The number of ether oxygens (including phenoxy) is 1. The van der Waals surface area contributed by atoms with E-state index < -0.39 is 5.97 Å². The van der Waals surface area contributed by atoms with E-state index in [0.717, 1.165) is 5.56 Å². The van der Waals surface area contributed by atoms with Crippen molar-refractivity contribution in [2.24, 2.45) is 5.73 Å². The van der Waals surface area contributed by atoms with Crippen LogP contribution in [0.15, 0.2) is 36.9 Å². The fourth-order valence-electron chi connectivity index (χ4n) is 2.49. The predicted molar refractivity (Wildman–Crippen MR) is 95.4 cm³/mol. The number of pyridine rings is 1. The SMILES string of the molecule is C[C@@H](CN)Oc1ccncc1[C@@H](C)Nc1ccn2ncc(C(=O)O)c2n1. The number of carboxylic acid groups (broad SMARTS) is 1. The van der Waals surface area contributed by atoms with Gasteiger partial charge in [0.1, 0.15) is 23.2 Å². The largest absolute Gasteiger partial charge is 0.489 e. The Morgan fingerprint density at radius 1 is 1.38 bits per heavy atom. The number of hydrogen-bond acceptors (Lipinski definition) is 7. The molecule has 0 amide bonds. The van der Waals surface area contributed by atoms with Crippen LogP contribution in [0.2, 0.25) is 0 Å². The van der Waals surface area contributed by atoms with Gasteiger partial charge < -0.3 is 20.9 Å². The fraction of sp³-hybridized carbons (Fsp3) is 0.294. The van der Waals surface area contributed by atoms with Crippen LogP contribution in [0.1, 0.15) is 35.8 Å². The number of fused-ring (bicyclic) bond motifs is 1. The first-order valence-corrected chi connectivity index (χ1v) is 8.14. The summed E-state index contributed by atoms with van der Waals surface area (Å²) in [6.45, 7) is 4.24. The molecule has 3 aromatic heterocycles. The third-order valence-corrected chi connectivity index (χ3v) is 3.90. The highest BCUT2D eigenvalue weighted by molar-refractivity contribution is 5.94. The van der Waals surface area contributed by atoms with Gasteiger partial charge in [0.15, 0.2) is 5.65 Å². The van der Waals surface area contributed by atoms with Gasteiger partial charge in [0.05, 0.1) is 12.2 Å². The first kappa shape index (κ1) is 17.6. The number of hydrogen-bond donors (Lipinski definition) is 3. The molecule has 9 heteroatoms. The number of nitrogens with two attached hydrogens (primary N) is 1. The summed E-state index contributed by atoms with van der Waals surface area (Å²) in [6.07, 6.45) is 6.18. The van der Waals surface area contributed by atoms with E-state index in [1.165, 1.54) is 10.7 Å². The average Bonchev–Trinajstić information content (AvgIpc) is 3.05. The van der Waals surface area contributed by atoms with Crippen molar-refractivity contribution in [2.75, 3.05) is 11.9 Å². The summed E-state index contributed by atoms with van der Waals surface area (Å²) >= 11 is 0. The van der Waals surface area contributed by atoms with Crippen molar-refractivity contribution in [2.45, 2.75) is 26.0 Å². The van der Waals surface area contributed by atoms with Crippen molar-refractivity contribution in [1.29, 1.82) is 0 Å². The second-order valence-electron chi connectivity index (χ2n) is 5.89. The molecule has 0 spiro atoms. The Bertz CT molecular complexity index is 926. The van der Waals surface area contributed by atoms with Gasteiger partial charge in [0.2, 0.25) is 0 Å². The highest BCUT2D eigenvalue weighted by Gasteiger charge is 2.16. The van der Waals surface area contributed by atoms with E-state index in [0.29, 0.717) is 18.1 Å². The lowest BCUT2D eigenvalue weighted by molar-refractivity contribution is 0.0698. The van der Waals surface area contributed by atoms with E-state index in [-0.39, 0.29) is 23.4 Å². The van der Waals surface area contributed by atoms with Crippen LogP contribution in [-0.2, 0) is 0 Å². The highest BCUT2D eigenvalue weighted by Crippen LogP contribution is 2.27. The van der Waals surface area contributed by atoms with E-state index in [4.69, 9.17) is 10.5 Å². The Labute approximate surface area is 149 Å². The summed E-state index contributed by atoms with van der Waals surface area (Å²) in [5.41, 5.74) is 6.79. The monoisotopic (exact) mass is 356 g/mol. The molecule has 0 aliphatic rings. The van der Waals surface area contributed by atoms with Crippen LogP contribution in [0.4, 0.5) is 5.82 Å². The number of carboxylic acids is 1. The first-order valence-electron chi connectivity index (χ1n) is 8.14. The number of anilines is 1. The van der Waals surface area contributed by atoms with Crippen LogP contribution in [0.3, 0.4) is 0 Å². The number of nitrogens with zero attached hydrogens (tertiary/aromatic N) is 4. The molecule has 0 aliphatic carbocycles. The molecule has 3 rings (SSSR count). The minimum atomic E-state index is -1.07.